The second kappa shape index (κ2) is 3.68. The highest BCUT2D eigenvalue weighted by molar-refractivity contribution is 5.55. The van der Waals surface area contributed by atoms with Gasteiger partial charge in [-0.25, -0.2) is 4.39 Å². The van der Waals surface area contributed by atoms with Gasteiger partial charge in [-0.2, -0.15) is 5.26 Å². The Bertz CT molecular complexity index is 347. The van der Waals surface area contributed by atoms with Crippen LogP contribution in [-0.2, 0) is 0 Å². The van der Waals surface area contributed by atoms with Gasteiger partial charge in [0.15, 0.2) is 0 Å². The van der Waals surface area contributed by atoms with E-state index >= 15 is 0 Å². The van der Waals surface area contributed by atoms with Crippen LogP contribution in [0, 0.1) is 24.1 Å². The summed E-state index contributed by atoms with van der Waals surface area (Å²) in [6.07, 6.45) is 2.93. The van der Waals surface area contributed by atoms with Crippen LogP contribution >= 0.6 is 0 Å². The van der Waals surface area contributed by atoms with Crippen molar-refractivity contribution < 1.29 is 4.39 Å². The summed E-state index contributed by atoms with van der Waals surface area (Å²) >= 11 is 0. The lowest BCUT2D eigenvalue weighted by atomic mass is 10.1. The Kier molecular flexibility index (Phi) is 2.60. The molecule has 2 heteroatoms. The minimum atomic E-state index is -0.241. The molecule has 0 unspecified atom stereocenters. The van der Waals surface area contributed by atoms with Crippen molar-refractivity contribution in [2.45, 2.75) is 6.92 Å². The highest BCUT2D eigenvalue weighted by Gasteiger charge is 1.98. The average molecular weight is 161 g/mol. The molecular formula is C10H8FN. The van der Waals surface area contributed by atoms with E-state index in [1.54, 1.807) is 25.1 Å². The first-order chi connectivity index (χ1) is 5.75. The molecule has 0 N–H and O–H groups in total. The summed E-state index contributed by atoms with van der Waals surface area (Å²) < 4.78 is 12.9. The summed E-state index contributed by atoms with van der Waals surface area (Å²) in [7, 11) is 0. The third-order valence-corrected chi connectivity index (χ3v) is 1.65. The molecule has 0 spiro atoms. The maximum atomic E-state index is 12.9. The van der Waals surface area contributed by atoms with Crippen molar-refractivity contribution in [3.63, 3.8) is 0 Å². The van der Waals surface area contributed by atoms with Gasteiger partial charge in [0.1, 0.15) is 5.82 Å². The van der Waals surface area contributed by atoms with E-state index in [0.717, 1.165) is 5.56 Å². The lowest BCUT2D eigenvalue weighted by molar-refractivity contribution is 0.618. The highest BCUT2D eigenvalue weighted by Crippen LogP contribution is 2.12. The van der Waals surface area contributed by atoms with Crippen LogP contribution in [0.25, 0.3) is 6.08 Å². The van der Waals surface area contributed by atoms with E-state index in [1.165, 1.54) is 12.1 Å². The first-order valence-electron chi connectivity index (χ1n) is 3.57. The zero-order chi connectivity index (χ0) is 8.97. The number of halogens is 1. The maximum absolute atomic E-state index is 12.9. The Balaban J connectivity index is 3.10. The fourth-order valence-corrected chi connectivity index (χ4v) is 0.932. The van der Waals surface area contributed by atoms with E-state index in [4.69, 9.17) is 5.26 Å². The van der Waals surface area contributed by atoms with Crippen molar-refractivity contribution in [3.8, 4) is 6.07 Å². The van der Waals surface area contributed by atoms with Crippen LogP contribution < -0.4 is 0 Å². The van der Waals surface area contributed by atoms with Crippen molar-refractivity contribution in [1.82, 2.24) is 0 Å². The van der Waals surface area contributed by atoms with E-state index in [0.29, 0.717) is 5.56 Å². The molecule has 1 aromatic carbocycles. The minimum Gasteiger partial charge on any atom is -0.207 e. The van der Waals surface area contributed by atoms with Crippen molar-refractivity contribution in [1.29, 1.82) is 5.26 Å². The summed E-state index contributed by atoms with van der Waals surface area (Å²) in [4.78, 5) is 0. The van der Waals surface area contributed by atoms with Crippen LogP contribution in [0.15, 0.2) is 24.3 Å². The Labute approximate surface area is 70.8 Å². The maximum Gasteiger partial charge on any atom is 0.126 e. The smallest absolute Gasteiger partial charge is 0.126 e. The molecule has 1 rings (SSSR count). The molecule has 0 bridgehead atoms. The van der Waals surface area contributed by atoms with Crippen LogP contribution in [0.4, 0.5) is 4.39 Å². The molecule has 0 aromatic heterocycles. The van der Waals surface area contributed by atoms with Gasteiger partial charge in [0.05, 0.1) is 6.07 Å². The monoisotopic (exact) mass is 161 g/mol. The van der Waals surface area contributed by atoms with Gasteiger partial charge < -0.3 is 0 Å². The number of hydrogen-bond donors (Lipinski definition) is 0. The Hall–Kier alpha value is -1.62. The van der Waals surface area contributed by atoms with E-state index in [9.17, 15) is 4.39 Å². The van der Waals surface area contributed by atoms with Gasteiger partial charge in [0.2, 0.25) is 0 Å². The van der Waals surface area contributed by atoms with Gasteiger partial charge in [-0.05, 0) is 30.2 Å². The fraction of sp³-hybridized carbons (Fsp3) is 0.100. The van der Waals surface area contributed by atoms with Crippen LogP contribution in [0.1, 0.15) is 11.1 Å². The molecule has 0 radical (unpaired) electrons. The molecule has 0 heterocycles. The van der Waals surface area contributed by atoms with E-state index in [-0.39, 0.29) is 5.82 Å². The van der Waals surface area contributed by atoms with Crippen molar-refractivity contribution in [2.75, 3.05) is 0 Å². The van der Waals surface area contributed by atoms with Crippen LogP contribution in [-0.4, -0.2) is 0 Å². The van der Waals surface area contributed by atoms with Gasteiger partial charge in [-0.15, -0.1) is 0 Å². The predicted molar refractivity (Wildman–Crippen MR) is 45.8 cm³/mol. The lowest BCUT2D eigenvalue weighted by Gasteiger charge is -1.99. The number of allylic oxidation sites excluding steroid dienone is 1. The normalized spacial score (nSPS) is 10.1. The number of nitriles is 1. The van der Waals surface area contributed by atoms with Gasteiger partial charge in [0.25, 0.3) is 0 Å². The highest BCUT2D eigenvalue weighted by atomic mass is 19.1. The molecule has 0 fully saturated rings. The Morgan fingerprint density at radius 2 is 2.25 bits per heavy atom. The number of benzene rings is 1. The topological polar surface area (TPSA) is 23.8 Å². The number of hydrogen-bond acceptors (Lipinski definition) is 1. The van der Waals surface area contributed by atoms with Gasteiger partial charge in [-0.3, -0.25) is 0 Å². The molecule has 0 saturated heterocycles. The third kappa shape index (κ3) is 1.70. The second-order valence-electron chi connectivity index (χ2n) is 2.42. The molecule has 12 heavy (non-hydrogen) atoms. The zero-order valence-electron chi connectivity index (χ0n) is 6.71. The van der Waals surface area contributed by atoms with Crippen molar-refractivity contribution >= 4 is 6.08 Å². The Morgan fingerprint density at radius 1 is 1.50 bits per heavy atom. The summed E-state index contributed by atoms with van der Waals surface area (Å²) in [5, 5.41) is 8.26. The molecule has 0 saturated carbocycles. The van der Waals surface area contributed by atoms with E-state index in [2.05, 4.69) is 0 Å². The van der Waals surface area contributed by atoms with Crippen molar-refractivity contribution in [2.24, 2.45) is 0 Å². The molecule has 60 valence electrons. The van der Waals surface area contributed by atoms with Crippen LogP contribution in [0.5, 0.6) is 0 Å². The van der Waals surface area contributed by atoms with Crippen LogP contribution in [0.2, 0.25) is 0 Å². The molecule has 0 atom stereocenters. The molecule has 0 amide bonds. The fourth-order valence-electron chi connectivity index (χ4n) is 0.932. The number of rotatable bonds is 1. The largest absolute Gasteiger partial charge is 0.207 e. The molecule has 0 aliphatic rings. The van der Waals surface area contributed by atoms with Gasteiger partial charge >= 0.3 is 0 Å². The van der Waals surface area contributed by atoms with Gasteiger partial charge in [0, 0.05) is 6.08 Å². The quantitative estimate of drug-likeness (QED) is 0.581. The lowest BCUT2D eigenvalue weighted by Crippen LogP contribution is -1.84. The van der Waals surface area contributed by atoms with Crippen LogP contribution in [0.3, 0.4) is 0 Å². The molecule has 1 nitrogen and oxygen atoms in total. The first-order valence-corrected chi connectivity index (χ1v) is 3.57. The van der Waals surface area contributed by atoms with Crippen molar-refractivity contribution in [3.05, 3.63) is 41.2 Å². The summed E-state index contributed by atoms with van der Waals surface area (Å²) in [6.45, 7) is 1.69. The summed E-state index contributed by atoms with van der Waals surface area (Å²) in [5.41, 5.74) is 1.32. The molecular weight excluding hydrogens is 153 g/mol. The molecule has 0 aliphatic heterocycles. The average Bonchev–Trinajstić information content (AvgIpc) is 2.08. The third-order valence-electron chi connectivity index (χ3n) is 1.65. The molecule has 1 aromatic rings. The van der Waals surface area contributed by atoms with E-state index in [1.807, 2.05) is 6.07 Å². The SMILES string of the molecule is Cc1c(F)cccc1C=CC#N. The summed E-state index contributed by atoms with van der Waals surface area (Å²) in [5.74, 6) is -0.241. The van der Waals surface area contributed by atoms with Gasteiger partial charge in [-0.1, -0.05) is 12.1 Å². The van der Waals surface area contributed by atoms with E-state index < -0.39 is 0 Å². The molecule has 0 aliphatic carbocycles. The second-order valence-corrected chi connectivity index (χ2v) is 2.42. The zero-order valence-corrected chi connectivity index (χ0v) is 6.71. The predicted octanol–water partition coefficient (Wildman–Crippen LogP) is 2.67. The first kappa shape index (κ1) is 8.48. The minimum absolute atomic E-state index is 0.241. The standard InChI is InChI=1S/C10H8FN/c1-8-9(5-3-7-12)4-2-6-10(8)11/h2-6H,1H3. The summed E-state index contributed by atoms with van der Waals surface area (Å²) in [6, 6.07) is 6.66. The number of nitrogens with zero attached hydrogens (tertiary/aromatic N) is 1. The Morgan fingerprint density at radius 3 is 2.92 bits per heavy atom.